The van der Waals surface area contributed by atoms with Crippen LogP contribution in [0.3, 0.4) is 0 Å². The van der Waals surface area contributed by atoms with Crippen molar-refractivity contribution in [2.75, 3.05) is 78.7 Å². The summed E-state index contributed by atoms with van der Waals surface area (Å²) in [5.74, 6) is 0. The van der Waals surface area contributed by atoms with Gasteiger partial charge in [-0.25, -0.2) is 13.1 Å². The molecule has 2 N–H and O–H groups in total. The minimum atomic E-state index is -3.00. The van der Waals surface area contributed by atoms with Crippen LogP contribution in [0.2, 0.25) is 0 Å². The molecule has 29 heavy (non-hydrogen) atoms. The molecule has 0 unspecified atom stereocenters. The Kier molecular flexibility index (Phi) is 10.3. The lowest BCUT2D eigenvalue weighted by Crippen LogP contribution is -2.53. The number of sulfone groups is 1. The number of nitrogens with zero attached hydrogens (tertiary/aromatic N) is 4. The minimum Gasteiger partial charge on any atom is -0.378 e. The molecule has 1 aliphatic rings. The number of ether oxygens (including phenoxy) is 4. The summed E-state index contributed by atoms with van der Waals surface area (Å²) in [6, 6.07) is 0. The monoisotopic (exact) mass is 436 g/mol. The van der Waals surface area contributed by atoms with Gasteiger partial charge in [-0.1, -0.05) is 5.21 Å². The SMILES string of the molecule is [2H]c1c(CN2CC(S(C)(=O)=O)C2)nnn1CCOCCOCCOCCOCCN. The second kappa shape index (κ2) is 13.2. The fraction of sp³-hybridized carbons (Fsp3) is 0.882. The number of rotatable bonds is 17. The van der Waals surface area contributed by atoms with Crippen molar-refractivity contribution in [1.82, 2.24) is 19.9 Å². The molecule has 0 saturated carbocycles. The Hall–Kier alpha value is -1.15. The van der Waals surface area contributed by atoms with Gasteiger partial charge in [0, 0.05) is 38.6 Å². The summed E-state index contributed by atoms with van der Waals surface area (Å²) in [5, 5.41) is 7.69. The van der Waals surface area contributed by atoms with Crippen molar-refractivity contribution in [2.45, 2.75) is 18.3 Å². The molecule has 0 spiro atoms. The van der Waals surface area contributed by atoms with Crippen molar-refractivity contribution in [3.05, 3.63) is 11.9 Å². The summed E-state index contributed by atoms with van der Waals surface area (Å²) in [7, 11) is -3.00. The molecule has 1 aliphatic heterocycles. The molecule has 0 radical (unpaired) electrons. The lowest BCUT2D eigenvalue weighted by Gasteiger charge is -2.37. The van der Waals surface area contributed by atoms with Gasteiger partial charge >= 0.3 is 0 Å². The van der Waals surface area contributed by atoms with Crippen LogP contribution in [0.5, 0.6) is 0 Å². The van der Waals surface area contributed by atoms with E-state index in [0.29, 0.717) is 91.3 Å². The summed E-state index contributed by atoms with van der Waals surface area (Å²) in [5.41, 5.74) is 5.85. The quantitative estimate of drug-likeness (QED) is 0.289. The van der Waals surface area contributed by atoms with Crippen molar-refractivity contribution in [2.24, 2.45) is 5.73 Å². The van der Waals surface area contributed by atoms with Gasteiger partial charge < -0.3 is 24.7 Å². The number of aromatic nitrogens is 3. The van der Waals surface area contributed by atoms with E-state index in [1.807, 2.05) is 4.90 Å². The van der Waals surface area contributed by atoms with Crippen LogP contribution < -0.4 is 5.73 Å². The van der Waals surface area contributed by atoms with Crippen molar-refractivity contribution < 1.29 is 28.7 Å². The minimum absolute atomic E-state index is 0.227. The second-order valence-corrected chi connectivity index (χ2v) is 9.08. The molecule has 168 valence electrons. The van der Waals surface area contributed by atoms with Crippen LogP contribution in [-0.2, 0) is 41.9 Å². The van der Waals surface area contributed by atoms with Crippen molar-refractivity contribution in [3.63, 3.8) is 0 Å². The first-order valence-corrected chi connectivity index (χ1v) is 11.7. The molecule has 1 saturated heterocycles. The van der Waals surface area contributed by atoms with Gasteiger partial charge in [0.2, 0.25) is 0 Å². The lowest BCUT2D eigenvalue weighted by atomic mass is 10.2. The van der Waals surface area contributed by atoms with E-state index in [-0.39, 0.29) is 11.4 Å². The summed E-state index contributed by atoms with van der Waals surface area (Å²) in [4.78, 5) is 1.95. The third-order valence-electron chi connectivity index (χ3n) is 4.26. The number of hydrogen-bond acceptors (Lipinski definition) is 10. The smallest absolute Gasteiger partial charge is 0.152 e. The normalized spacial score (nSPS) is 16.1. The van der Waals surface area contributed by atoms with Gasteiger partial charge in [0.25, 0.3) is 0 Å². The Morgan fingerprint density at radius 2 is 1.62 bits per heavy atom. The van der Waals surface area contributed by atoms with Gasteiger partial charge in [-0.15, -0.1) is 5.10 Å². The molecule has 12 heteroatoms. The lowest BCUT2D eigenvalue weighted by molar-refractivity contribution is -0.00200. The molecule has 0 bridgehead atoms. The molecule has 0 aliphatic carbocycles. The molecule has 2 heterocycles. The summed E-state index contributed by atoms with van der Waals surface area (Å²) in [6.45, 7) is 6.18. The topological polar surface area (TPSA) is 131 Å². The van der Waals surface area contributed by atoms with Gasteiger partial charge in [-0.3, -0.25) is 4.90 Å². The largest absolute Gasteiger partial charge is 0.378 e. The van der Waals surface area contributed by atoms with Gasteiger partial charge in [0.1, 0.15) is 0 Å². The second-order valence-electron chi connectivity index (χ2n) is 6.75. The highest BCUT2D eigenvalue weighted by atomic mass is 32.2. The van der Waals surface area contributed by atoms with Crippen LogP contribution in [0, 0.1) is 0 Å². The zero-order valence-electron chi connectivity index (χ0n) is 18.0. The van der Waals surface area contributed by atoms with E-state index in [4.69, 9.17) is 26.1 Å². The van der Waals surface area contributed by atoms with E-state index >= 15 is 0 Å². The van der Waals surface area contributed by atoms with Crippen LogP contribution in [-0.4, -0.2) is 112 Å². The molecule has 2 rings (SSSR count). The molecule has 1 aromatic heterocycles. The Morgan fingerprint density at radius 3 is 2.17 bits per heavy atom. The molecular weight excluding hydrogens is 402 g/mol. The fourth-order valence-electron chi connectivity index (χ4n) is 2.60. The molecule has 0 atom stereocenters. The Balaban J connectivity index is 1.47. The highest BCUT2D eigenvalue weighted by Crippen LogP contribution is 2.17. The molecular formula is C17H33N5O6S. The van der Waals surface area contributed by atoms with E-state index in [2.05, 4.69) is 10.3 Å². The molecule has 11 nitrogen and oxygen atoms in total. The first kappa shape index (κ1) is 22.5. The van der Waals surface area contributed by atoms with Crippen molar-refractivity contribution >= 4 is 9.84 Å². The highest BCUT2D eigenvalue weighted by molar-refractivity contribution is 7.91. The fourth-order valence-corrected chi connectivity index (χ4v) is 3.56. The molecule has 0 aromatic carbocycles. The zero-order chi connectivity index (χ0) is 21.8. The van der Waals surface area contributed by atoms with E-state index in [9.17, 15) is 8.42 Å². The van der Waals surface area contributed by atoms with Gasteiger partial charge in [-0.05, 0) is 0 Å². The Labute approximate surface area is 173 Å². The predicted octanol–water partition coefficient (Wildman–Crippen LogP) is -1.47. The van der Waals surface area contributed by atoms with Crippen LogP contribution in [0.15, 0.2) is 6.17 Å². The summed E-state index contributed by atoms with van der Waals surface area (Å²) in [6.07, 6.45) is 1.48. The first-order valence-electron chi connectivity index (χ1n) is 10.2. The van der Waals surface area contributed by atoms with Crippen LogP contribution in [0.25, 0.3) is 0 Å². The van der Waals surface area contributed by atoms with E-state index in [0.717, 1.165) is 0 Å². The molecule has 1 fully saturated rings. The highest BCUT2D eigenvalue weighted by Gasteiger charge is 2.34. The van der Waals surface area contributed by atoms with Crippen molar-refractivity contribution in [3.8, 4) is 0 Å². The van der Waals surface area contributed by atoms with E-state index < -0.39 is 9.84 Å². The molecule has 1 aromatic rings. The standard InChI is InChI=1S/C17H33N5O6S/c1-29(23,24)17-14-21(15-17)12-16-13-22(20-19-16)3-5-26-7-9-28-11-10-27-8-6-25-4-2-18/h13,17H,2-12,14-15,18H2,1H3/i13D. The number of likely N-dealkylation sites (tertiary alicyclic amines) is 1. The Morgan fingerprint density at radius 1 is 1.07 bits per heavy atom. The average Bonchev–Trinajstić information content (AvgIpc) is 3.00. The van der Waals surface area contributed by atoms with E-state index in [1.54, 1.807) is 0 Å². The van der Waals surface area contributed by atoms with Crippen LogP contribution in [0.1, 0.15) is 7.06 Å². The van der Waals surface area contributed by atoms with Crippen LogP contribution >= 0.6 is 0 Å². The number of nitrogens with two attached hydrogens (primary N) is 1. The summed E-state index contributed by atoms with van der Waals surface area (Å²) < 4.78 is 53.9. The maximum absolute atomic E-state index is 11.5. The number of hydrogen-bond donors (Lipinski definition) is 1. The maximum Gasteiger partial charge on any atom is 0.152 e. The maximum atomic E-state index is 11.5. The van der Waals surface area contributed by atoms with Crippen LogP contribution in [0.4, 0.5) is 0 Å². The van der Waals surface area contributed by atoms with Gasteiger partial charge in [-0.2, -0.15) is 0 Å². The van der Waals surface area contributed by atoms with Crippen molar-refractivity contribution in [1.29, 1.82) is 0 Å². The first-order chi connectivity index (χ1) is 14.4. The average molecular weight is 437 g/mol. The van der Waals surface area contributed by atoms with Gasteiger partial charge in [0.15, 0.2) is 9.84 Å². The third kappa shape index (κ3) is 9.94. The third-order valence-corrected chi connectivity index (χ3v) is 5.77. The van der Waals surface area contributed by atoms with Gasteiger partial charge in [0.05, 0.1) is 71.7 Å². The summed E-state index contributed by atoms with van der Waals surface area (Å²) >= 11 is 0. The Bertz CT molecular complexity index is 713. The molecule has 0 amide bonds. The zero-order valence-corrected chi connectivity index (χ0v) is 17.8. The van der Waals surface area contributed by atoms with E-state index in [1.165, 1.54) is 10.9 Å². The predicted molar refractivity (Wildman–Crippen MR) is 106 cm³/mol.